The number of thiazole rings is 1. The molecule has 1 aliphatic rings. The zero-order valence-corrected chi connectivity index (χ0v) is 21.7. The second kappa shape index (κ2) is 10.5. The Bertz CT molecular complexity index is 1280. The second-order valence-corrected chi connectivity index (χ2v) is 10.7. The average Bonchev–Trinajstić information content (AvgIpc) is 3.45. The van der Waals surface area contributed by atoms with Crippen molar-refractivity contribution in [2.24, 2.45) is 0 Å². The summed E-state index contributed by atoms with van der Waals surface area (Å²) in [7, 11) is 2.00. The molecule has 1 heterocycles. The van der Waals surface area contributed by atoms with Gasteiger partial charge in [-0.1, -0.05) is 17.4 Å². The molecule has 1 aromatic heterocycles. The Labute approximate surface area is 214 Å². The van der Waals surface area contributed by atoms with Crippen LogP contribution < -0.4 is 15.5 Å². The molecule has 1 atom stereocenters. The molecule has 0 radical (unpaired) electrons. The fourth-order valence-corrected chi connectivity index (χ4v) is 5.15. The van der Waals surface area contributed by atoms with Gasteiger partial charge >= 0.3 is 6.09 Å². The SMILES string of the molecule is CN(c1nc(-c2ccc(F)cc2)c(C#N)s1)C1CCc2ccc(NCCNC(=O)OC(C)(C)C)cc21. The van der Waals surface area contributed by atoms with Crippen molar-refractivity contribution in [2.75, 3.05) is 30.4 Å². The van der Waals surface area contributed by atoms with Crippen LogP contribution in [-0.4, -0.2) is 36.8 Å². The number of aryl methyl sites for hydroxylation is 1. The van der Waals surface area contributed by atoms with Crippen LogP contribution in [0.5, 0.6) is 0 Å². The van der Waals surface area contributed by atoms with Crippen LogP contribution in [0.3, 0.4) is 0 Å². The Hall–Kier alpha value is -3.64. The summed E-state index contributed by atoms with van der Waals surface area (Å²) in [5.74, 6) is -0.322. The number of anilines is 2. The summed E-state index contributed by atoms with van der Waals surface area (Å²) in [4.78, 5) is 19.2. The fourth-order valence-electron chi connectivity index (χ4n) is 4.25. The van der Waals surface area contributed by atoms with Gasteiger partial charge in [-0.15, -0.1) is 0 Å². The number of fused-ring (bicyclic) bond motifs is 1. The van der Waals surface area contributed by atoms with E-state index in [1.807, 2.05) is 27.8 Å². The van der Waals surface area contributed by atoms with Crippen LogP contribution in [0.4, 0.5) is 20.0 Å². The van der Waals surface area contributed by atoms with Gasteiger partial charge in [0.05, 0.1) is 6.04 Å². The summed E-state index contributed by atoms with van der Waals surface area (Å²) in [6, 6.07) is 14.8. The number of carbonyl (C=O) groups is 1. The summed E-state index contributed by atoms with van der Waals surface area (Å²) in [6.07, 6.45) is 1.48. The lowest BCUT2D eigenvalue weighted by atomic mass is 10.1. The van der Waals surface area contributed by atoms with E-state index in [1.54, 1.807) is 12.1 Å². The first-order valence-corrected chi connectivity index (χ1v) is 12.7. The highest BCUT2D eigenvalue weighted by molar-refractivity contribution is 7.16. The smallest absolute Gasteiger partial charge is 0.407 e. The van der Waals surface area contributed by atoms with Gasteiger partial charge in [0.2, 0.25) is 0 Å². The van der Waals surface area contributed by atoms with Crippen molar-refractivity contribution >= 4 is 28.2 Å². The Morgan fingerprint density at radius 3 is 2.69 bits per heavy atom. The summed E-state index contributed by atoms with van der Waals surface area (Å²) in [5, 5.41) is 16.5. The van der Waals surface area contributed by atoms with Gasteiger partial charge in [-0.2, -0.15) is 5.26 Å². The lowest BCUT2D eigenvalue weighted by molar-refractivity contribution is 0.0530. The van der Waals surface area contributed by atoms with Gasteiger partial charge < -0.3 is 20.3 Å². The molecule has 2 aromatic carbocycles. The van der Waals surface area contributed by atoms with Crippen molar-refractivity contribution in [2.45, 2.75) is 45.3 Å². The van der Waals surface area contributed by atoms with Gasteiger partial charge in [0.15, 0.2) is 5.13 Å². The van der Waals surface area contributed by atoms with E-state index in [-0.39, 0.29) is 11.9 Å². The predicted molar refractivity (Wildman–Crippen MR) is 141 cm³/mol. The van der Waals surface area contributed by atoms with Crippen molar-refractivity contribution in [3.63, 3.8) is 0 Å². The number of benzene rings is 2. The van der Waals surface area contributed by atoms with Gasteiger partial charge in [-0.25, -0.2) is 14.2 Å². The third kappa shape index (κ3) is 5.94. The molecule has 9 heteroatoms. The normalized spacial score (nSPS) is 14.6. The molecule has 0 saturated heterocycles. The number of hydrogen-bond donors (Lipinski definition) is 2. The Morgan fingerprint density at radius 1 is 1.25 bits per heavy atom. The van der Waals surface area contributed by atoms with Gasteiger partial charge in [-0.05, 0) is 81.1 Å². The highest BCUT2D eigenvalue weighted by Gasteiger charge is 2.29. The first-order valence-electron chi connectivity index (χ1n) is 11.9. The molecule has 0 aliphatic heterocycles. The molecule has 188 valence electrons. The predicted octanol–water partition coefficient (Wildman–Crippen LogP) is 5.88. The van der Waals surface area contributed by atoms with E-state index in [0.29, 0.717) is 23.7 Å². The van der Waals surface area contributed by atoms with Crippen molar-refractivity contribution in [3.05, 3.63) is 64.3 Å². The Balaban J connectivity index is 1.44. The Kier molecular flexibility index (Phi) is 7.45. The molecular weight excluding hydrogens is 477 g/mol. The molecule has 3 aromatic rings. The van der Waals surface area contributed by atoms with Crippen molar-refractivity contribution in [1.29, 1.82) is 5.26 Å². The molecule has 1 amide bonds. The number of nitrogens with one attached hydrogen (secondary N) is 2. The van der Waals surface area contributed by atoms with Gasteiger partial charge in [0.25, 0.3) is 0 Å². The summed E-state index contributed by atoms with van der Waals surface area (Å²) in [5.41, 5.74) is 4.27. The lowest BCUT2D eigenvalue weighted by Gasteiger charge is -2.25. The highest BCUT2D eigenvalue weighted by atomic mass is 32.1. The van der Waals surface area contributed by atoms with E-state index >= 15 is 0 Å². The molecule has 0 fully saturated rings. The van der Waals surface area contributed by atoms with Crippen LogP contribution in [0.1, 0.15) is 49.2 Å². The first kappa shape index (κ1) is 25.5. The van der Waals surface area contributed by atoms with Crippen LogP contribution >= 0.6 is 11.3 Å². The molecule has 1 unspecified atom stereocenters. The third-order valence-electron chi connectivity index (χ3n) is 5.92. The number of nitrogens with zero attached hydrogens (tertiary/aromatic N) is 3. The van der Waals surface area contributed by atoms with Gasteiger partial charge in [0.1, 0.15) is 28.1 Å². The van der Waals surface area contributed by atoms with E-state index in [9.17, 15) is 14.4 Å². The minimum atomic E-state index is -0.524. The largest absolute Gasteiger partial charge is 0.444 e. The number of halogens is 1. The zero-order chi connectivity index (χ0) is 25.9. The molecule has 2 N–H and O–H groups in total. The summed E-state index contributed by atoms with van der Waals surface area (Å²) >= 11 is 1.35. The lowest BCUT2D eigenvalue weighted by Crippen LogP contribution is -2.35. The number of alkyl carbamates (subject to hydrolysis) is 1. The third-order valence-corrected chi connectivity index (χ3v) is 6.97. The molecule has 1 aliphatic carbocycles. The molecule has 0 bridgehead atoms. The average molecular weight is 508 g/mol. The number of nitriles is 1. The van der Waals surface area contributed by atoms with E-state index in [4.69, 9.17) is 9.72 Å². The number of carbonyl (C=O) groups excluding carboxylic acids is 1. The summed E-state index contributed by atoms with van der Waals surface area (Å²) < 4.78 is 18.6. The quantitative estimate of drug-likeness (QED) is 0.388. The fraction of sp³-hybridized carbons (Fsp3) is 0.370. The van der Waals surface area contributed by atoms with Crippen molar-refractivity contribution < 1.29 is 13.9 Å². The minimum absolute atomic E-state index is 0.125. The van der Waals surface area contributed by atoms with E-state index in [2.05, 4.69) is 39.8 Å². The van der Waals surface area contributed by atoms with Crippen LogP contribution in [-0.2, 0) is 11.2 Å². The van der Waals surface area contributed by atoms with E-state index < -0.39 is 11.7 Å². The van der Waals surface area contributed by atoms with E-state index in [0.717, 1.165) is 29.2 Å². The minimum Gasteiger partial charge on any atom is -0.444 e. The Morgan fingerprint density at radius 2 is 2.00 bits per heavy atom. The maximum absolute atomic E-state index is 13.4. The number of aromatic nitrogens is 1. The maximum atomic E-state index is 13.4. The van der Waals surface area contributed by atoms with Crippen molar-refractivity contribution in [3.8, 4) is 17.3 Å². The molecule has 0 saturated carbocycles. The van der Waals surface area contributed by atoms with Crippen molar-refractivity contribution in [1.82, 2.24) is 10.3 Å². The van der Waals surface area contributed by atoms with Crippen LogP contribution in [0.25, 0.3) is 11.3 Å². The van der Waals surface area contributed by atoms with Gasteiger partial charge in [-0.3, -0.25) is 0 Å². The zero-order valence-electron chi connectivity index (χ0n) is 20.9. The maximum Gasteiger partial charge on any atom is 0.407 e. The number of hydrogen-bond acceptors (Lipinski definition) is 7. The number of ether oxygens (including phenoxy) is 1. The standard InChI is InChI=1S/C27H30FN5O2S/c1-27(2,3)35-26(34)31-14-13-30-20-11-7-17-8-12-22(21(17)15-20)33(4)25-32-24(23(16-29)36-25)18-5-9-19(28)10-6-18/h5-7,9-11,15,22,30H,8,12-14H2,1-4H3,(H,31,34). The topological polar surface area (TPSA) is 90.3 Å². The molecule has 4 rings (SSSR count). The molecular formula is C27H30FN5O2S. The first-order chi connectivity index (χ1) is 17.1. The van der Waals surface area contributed by atoms with E-state index in [1.165, 1.54) is 34.6 Å². The highest BCUT2D eigenvalue weighted by Crippen LogP contribution is 2.41. The van der Waals surface area contributed by atoms with Crippen LogP contribution in [0.15, 0.2) is 42.5 Å². The molecule has 7 nitrogen and oxygen atoms in total. The molecule has 36 heavy (non-hydrogen) atoms. The van der Waals surface area contributed by atoms with Crippen LogP contribution in [0, 0.1) is 17.1 Å². The van der Waals surface area contributed by atoms with Gasteiger partial charge in [0, 0.05) is 31.4 Å². The number of rotatable bonds is 7. The summed E-state index contributed by atoms with van der Waals surface area (Å²) in [6.45, 7) is 6.51. The van der Waals surface area contributed by atoms with Crippen LogP contribution in [0.2, 0.25) is 0 Å². The number of amides is 1. The monoisotopic (exact) mass is 507 g/mol. The second-order valence-electron chi connectivity index (χ2n) is 9.73. The molecule has 0 spiro atoms.